The summed E-state index contributed by atoms with van der Waals surface area (Å²) in [5, 5.41) is 5.59. The van der Waals surface area contributed by atoms with Crippen LogP contribution < -0.4 is 9.64 Å². The molecule has 2 aromatic carbocycles. The Morgan fingerprint density at radius 1 is 1.27 bits per heavy atom. The smallest absolute Gasteiger partial charge is 0.239 e. The zero-order valence-electron chi connectivity index (χ0n) is 16.2. The zero-order valence-corrected chi connectivity index (χ0v) is 18.6. The van der Waals surface area contributed by atoms with Gasteiger partial charge < -0.3 is 4.74 Å². The maximum atomic E-state index is 13.1. The van der Waals surface area contributed by atoms with Crippen LogP contribution in [0.15, 0.2) is 65.8 Å². The number of thiazole rings is 1. The number of fused-ring (bicyclic) bond motifs is 1. The Balaban J connectivity index is 1.55. The standard InChI is InChI=1S/C21H19ClN4O2S2/c1-28-16-5-8-18-19(13-16)30-21(24-18)26(12-11-25-10-2-9-23-25)20(27)14-29-17-6-3-15(22)4-7-17/h2-10,13H,11-12,14H2,1H3. The van der Waals surface area contributed by atoms with Crippen LogP contribution in [0.25, 0.3) is 10.2 Å². The van der Waals surface area contributed by atoms with E-state index in [1.807, 2.05) is 59.4 Å². The van der Waals surface area contributed by atoms with E-state index in [4.69, 9.17) is 16.3 Å². The summed E-state index contributed by atoms with van der Waals surface area (Å²) in [7, 11) is 1.64. The quantitative estimate of drug-likeness (QED) is 0.348. The number of thioether (sulfide) groups is 1. The molecule has 30 heavy (non-hydrogen) atoms. The molecule has 4 aromatic rings. The molecule has 0 unspecified atom stereocenters. The van der Waals surface area contributed by atoms with E-state index in [9.17, 15) is 4.79 Å². The molecule has 0 atom stereocenters. The number of rotatable bonds is 8. The summed E-state index contributed by atoms with van der Waals surface area (Å²) in [5.74, 6) is 1.07. The first-order valence-corrected chi connectivity index (χ1v) is 11.4. The summed E-state index contributed by atoms with van der Waals surface area (Å²) in [5.41, 5.74) is 0.845. The summed E-state index contributed by atoms with van der Waals surface area (Å²) in [6.07, 6.45) is 3.61. The van der Waals surface area contributed by atoms with E-state index < -0.39 is 0 Å². The van der Waals surface area contributed by atoms with E-state index in [2.05, 4.69) is 10.1 Å². The van der Waals surface area contributed by atoms with Crippen LogP contribution in [0.5, 0.6) is 5.75 Å². The van der Waals surface area contributed by atoms with Gasteiger partial charge in [-0.2, -0.15) is 5.10 Å². The monoisotopic (exact) mass is 458 g/mol. The number of methoxy groups -OCH3 is 1. The fourth-order valence-corrected chi connectivity index (χ4v) is 4.79. The molecule has 2 aromatic heterocycles. The van der Waals surface area contributed by atoms with Gasteiger partial charge in [-0.3, -0.25) is 14.4 Å². The third-order valence-corrected chi connectivity index (χ3v) is 6.69. The normalized spacial score (nSPS) is 11.0. The highest BCUT2D eigenvalue weighted by Gasteiger charge is 2.20. The van der Waals surface area contributed by atoms with Gasteiger partial charge in [0.2, 0.25) is 5.91 Å². The molecule has 6 nitrogen and oxygen atoms in total. The van der Waals surface area contributed by atoms with Gasteiger partial charge in [-0.05, 0) is 48.5 Å². The highest BCUT2D eigenvalue weighted by atomic mass is 35.5. The summed E-state index contributed by atoms with van der Waals surface area (Å²) < 4.78 is 8.09. The molecule has 1 amide bonds. The van der Waals surface area contributed by atoms with Crippen molar-refractivity contribution in [3.63, 3.8) is 0 Å². The number of halogens is 1. The average Bonchev–Trinajstić information content (AvgIpc) is 3.42. The summed E-state index contributed by atoms with van der Waals surface area (Å²) in [4.78, 5) is 20.6. The van der Waals surface area contributed by atoms with Gasteiger partial charge in [0.25, 0.3) is 0 Å². The highest BCUT2D eigenvalue weighted by Crippen LogP contribution is 2.32. The molecule has 154 valence electrons. The van der Waals surface area contributed by atoms with Crippen molar-refractivity contribution >= 4 is 56.0 Å². The molecule has 9 heteroatoms. The Morgan fingerprint density at radius 2 is 2.10 bits per heavy atom. The molecule has 2 heterocycles. The molecule has 0 spiro atoms. The van der Waals surface area contributed by atoms with Crippen molar-refractivity contribution in [3.8, 4) is 5.75 Å². The van der Waals surface area contributed by atoms with E-state index in [1.165, 1.54) is 23.1 Å². The van der Waals surface area contributed by atoms with Crippen LogP contribution in [-0.2, 0) is 11.3 Å². The molecular formula is C21H19ClN4O2S2. The van der Waals surface area contributed by atoms with Crippen LogP contribution in [-0.4, -0.2) is 40.1 Å². The predicted octanol–water partition coefficient (Wildman–Crippen LogP) is 4.98. The summed E-state index contributed by atoms with van der Waals surface area (Å²) >= 11 is 8.91. The highest BCUT2D eigenvalue weighted by molar-refractivity contribution is 8.00. The Hall–Kier alpha value is -2.55. The van der Waals surface area contributed by atoms with Gasteiger partial charge in [0, 0.05) is 28.9 Å². The van der Waals surface area contributed by atoms with Gasteiger partial charge in [-0.25, -0.2) is 4.98 Å². The third kappa shape index (κ3) is 4.95. The molecule has 0 aliphatic rings. The fourth-order valence-electron chi connectivity index (χ4n) is 2.85. The zero-order chi connectivity index (χ0) is 20.9. The molecule has 0 bridgehead atoms. The lowest BCUT2D eigenvalue weighted by Gasteiger charge is -2.19. The minimum atomic E-state index is -0.00636. The first kappa shape index (κ1) is 20.7. The number of aromatic nitrogens is 3. The van der Waals surface area contributed by atoms with Crippen LogP contribution in [0.1, 0.15) is 0 Å². The number of hydrogen-bond acceptors (Lipinski definition) is 6. The van der Waals surface area contributed by atoms with Crippen LogP contribution in [0.3, 0.4) is 0 Å². The molecule has 0 saturated heterocycles. The number of nitrogens with zero attached hydrogens (tertiary/aromatic N) is 4. The topological polar surface area (TPSA) is 60.2 Å². The van der Waals surface area contributed by atoms with Crippen molar-refractivity contribution in [1.29, 1.82) is 0 Å². The predicted molar refractivity (Wildman–Crippen MR) is 123 cm³/mol. The van der Waals surface area contributed by atoms with Gasteiger partial charge in [-0.1, -0.05) is 22.9 Å². The number of carbonyl (C=O) groups is 1. The SMILES string of the molecule is COc1ccc2nc(N(CCn3cccn3)C(=O)CSc3ccc(Cl)cc3)sc2c1. The van der Waals surface area contributed by atoms with Crippen molar-refractivity contribution in [2.75, 3.05) is 24.3 Å². The van der Waals surface area contributed by atoms with Gasteiger partial charge in [-0.15, -0.1) is 11.8 Å². The van der Waals surface area contributed by atoms with Crippen molar-refractivity contribution in [2.45, 2.75) is 11.4 Å². The molecule has 4 rings (SSSR count). The summed E-state index contributed by atoms with van der Waals surface area (Å²) in [6.45, 7) is 1.07. The minimum Gasteiger partial charge on any atom is -0.497 e. The van der Waals surface area contributed by atoms with Gasteiger partial charge in [0.15, 0.2) is 5.13 Å². The second-order valence-electron chi connectivity index (χ2n) is 6.39. The van der Waals surface area contributed by atoms with Crippen molar-refractivity contribution in [3.05, 3.63) is 65.9 Å². The lowest BCUT2D eigenvalue weighted by atomic mass is 10.3. The molecule has 0 fully saturated rings. The van der Waals surface area contributed by atoms with E-state index in [1.54, 1.807) is 18.2 Å². The number of benzene rings is 2. The average molecular weight is 459 g/mol. The van der Waals surface area contributed by atoms with E-state index in [0.717, 1.165) is 20.9 Å². The Morgan fingerprint density at radius 3 is 2.83 bits per heavy atom. The number of amides is 1. The second kappa shape index (κ2) is 9.51. The number of hydrogen-bond donors (Lipinski definition) is 0. The van der Waals surface area contributed by atoms with Crippen molar-refractivity contribution in [2.24, 2.45) is 0 Å². The number of carbonyl (C=O) groups excluding carboxylic acids is 1. The Labute approximate surface area is 187 Å². The molecule has 0 radical (unpaired) electrons. The Bertz CT molecular complexity index is 1130. The first-order valence-electron chi connectivity index (χ1n) is 9.23. The largest absolute Gasteiger partial charge is 0.497 e. The van der Waals surface area contributed by atoms with Crippen LogP contribution >= 0.6 is 34.7 Å². The Kier molecular flexibility index (Phi) is 6.56. The maximum absolute atomic E-state index is 13.1. The third-order valence-electron chi connectivity index (χ3n) is 4.40. The van der Waals surface area contributed by atoms with Crippen molar-refractivity contribution in [1.82, 2.24) is 14.8 Å². The number of ether oxygens (including phenoxy) is 1. The van der Waals surface area contributed by atoms with Gasteiger partial charge in [0.05, 0.1) is 29.6 Å². The van der Waals surface area contributed by atoms with Crippen LogP contribution in [0, 0.1) is 0 Å². The minimum absolute atomic E-state index is 0.00636. The second-order valence-corrected chi connectivity index (χ2v) is 8.88. The molecule has 0 aliphatic carbocycles. The summed E-state index contributed by atoms with van der Waals surface area (Å²) in [6, 6.07) is 15.1. The van der Waals surface area contributed by atoms with Gasteiger partial charge in [0.1, 0.15) is 5.75 Å². The lowest BCUT2D eigenvalue weighted by Crippen LogP contribution is -2.35. The molecule has 0 aliphatic heterocycles. The molecular weight excluding hydrogens is 440 g/mol. The lowest BCUT2D eigenvalue weighted by molar-refractivity contribution is -0.116. The van der Waals surface area contributed by atoms with E-state index in [-0.39, 0.29) is 5.91 Å². The molecule has 0 saturated carbocycles. The van der Waals surface area contributed by atoms with E-state index >= 15 is 0 Å². The maximum Gasteiger partial charge on any atom is 0.239 e. The van der Waals surface area contributed by atoms with Crippen LogP contribution in [0.2, 0.25) is 5.02 Å². The first-order chi connectivity index (χ1) is 14.6. The number of anilines is 1. The van der Waals surface area contributed by atoms with Crippen molar-refractivity contribution < 1.29 is 9.53 Å². The fraction of sp³-hybridized carbons (Fsp3) is 0.190. The van der Waals surface area contributed by atoms with Gasteiger partial charge >= 0.3 is 0 Å². The molecule has 0 N–H and O–H groups in total. The van der Waals surface area contributed by atoms with Crippen LogP contribution in [0.4, 0.5) is 5.13 Å². The van der Waals surface area contributed by atoms with E-state index in [0.29, 0.717) is 29.0 Å².